The van der Waals surface area contributed by atoms with E-state index in [0.29, 0.717) is 6.54 Å². The van der Waals surface area contributed by atoms with E-state index in [1.165, 1.54) is 6.07 Å². The molecule has 0 radical (unpaired) electrons. The van der Waals surface area contributed by atoms with Gasteiger partial charge in [0.15, 0.2) is 0 Å². The van der Waals surface area contributed by atoms with Crippen LogP contribution in [0.25, 0.3) is 11.1 Å². The zero-order valence-corrected chi connectivity index (χ0v) is 9.34. The fourth-order valence-corrected chi connectivity index (χ4v) is 1.67. The monoisotopic (exact) mass is 235 g/mol. The minimum atomic E-state index is -0.405. The molecule has 0 saturated heterocycles. The molecule has 0 amide bonds. The maximum atomic E-state index is 13.3. The van der Waals surface area contributed by atoms with Crippen molar-refractivity contribution in [3.63, 3.8) is 0 Å². The Morgan fingerprint density at radius 1 is 1.06 bits per heavy atom. The van der Waals surface area contributed by atoms with Crippen LogP contribution in [0.2, 0.25) is 5.02 Å². The summed E-state index contributed by atoms with van der Waals surface area (Å²) < 4.78 is 13.3. The Morgan fingerprint density at radius 2 is 1.81 bits per heavy atom. The van der Waals surface area contributed by atoms with Crippen LogP contribution < -0.4 is 5.73 Å². The molecular weight excluding hydrogens is 225 g/mol. The van der Waals surface area contributed by atoms with Gasteiger partial charge in [0, 0.05) is 6.54 Å². The molecule has 82 valence electrons. The predicted molar refractivity (Wildman–Crippen MR) is 64.7 cm³/mol. The highest BCUT2D eigenvalue weighted by Crippen LogP contribution is 2.24. The van der Waals surface area contributed by atoms with Gasteiger partial charge >= 0.3 is 0 Å². The van der Waals surface area contributed by atoms with Crippen LogP contribution in [0.5, 0.6) is 0 Å². The SMILES string of the molecule is NCc1cccc(-c2ccc(Cl)c(F)c2)c1. The summed E-state index contributed by atoms with van der Waals surface area (Å²) in [6, 6.07) is 12.5. The largest absolute Gasteiger partial charge is 0.326 e. The van der Waals surface area contributed by atoms with E-state index in [-0.39, 0.29) is 5.02 Å². The van der Waals surface area contributed by atoms with Gasteiger partial charge in [-0.05, 0) is 34.9 Å². The summed E-state index contributed by atoms with van der Waals surface area (Å²) in [6.45, 7) is 0.476. The molecule has 0 bridgehead atoms. The lowest BCUT2D eigenvalue weighted by Crippen LogP contribution is -1.95. The van der Waals surface area contributed by atoms with Crippen molar-refractivity contribution in [1.29, 1.82) is 0 Å². The van der Waals surface area contributed by atoms with Crippen molar-refractivity contribution in [2.45, 2.75) is 6.54 Å². The summed E-state index contributed by atoms with van der Waals surface area (Å²) in [5.74, 6) is -0.405. The van der Waals surface area contributed by atoms with Crippen molar-refractivity contribution in [3.05, 3.63) is 58.9 Å². The molecule has 0 saturated carbocycles. The van der Waals surface area contributed by atoms with E-state index >= 15 is 0 Å². The first-order valence-corrected chi connectivity index (χ1v) is 5.33. The molecule has 2 aromatic rings. The average molecular weight is 236 g/mol. The number of hydrogen-bond acceptors (Lipinski definition) is 1. The minimum absolute atomic E-state index is 0.138. The summed E-state index contributed by atoms with van der Waals surface area (Å²) in [7, 11) is 0. The Morgan fingerprint density at radius 3 is 2.50 bits per heavy atom. The molecule has 0 unspecified atom stereocenters. The van der Waals surface area contributed by atoms with E-state index in [4.69, 9.17) is 17.3 Å². The van der Waals surface area contributed by atoms with Crippen LogP contribution in [-0.2, 0) is 6.54 Å². The topological polar surface area (TPSA) is 26.0 Å². The lowest BCUT2D eigenvalue weighted by molar-refractivity contribution is 0.629. The molecular formula is C13H11ClFN. The molecule has 0 aliphatic heterocycles. The molecule has 1 nitrogen and oxygen atoms in total. The van der Waals surface area contributed by atoms with E-state index in [2.05, 4.69) is 0 Å². The van der Waals surface area contributed by atoms with Gasteiger partial charge < -0.3 is 5.73 Å². The normalized spacial score (nSPS) is 10.4. The average Bonchev–Trinajstić information content (AvgIpc) is 2.33. The summed E-state index contributed by atoms with van der Waals surface area (Å²) in [5, 5.41) is 0.138. The fraction of sp³-hybridized carbons (Fsp3) is 0.0769. The van der Waals surface area contributed by atoms with E-state index in [1.54, 1.807) is 12.1 Å². The fourth-order valence-electron chi connectivity index (χ4n) is 1.55. The van der Waals surface area contributed by atoms with Crippen LogP contribution in [0.15, 0.2) is 42.5 Å². The summed E-state index contributed by atoms with van der Waals surface area (Å²) in [5.41, 5.74) is 8.32. The molecule has 0 aromatic heterocycles. The maximum Gasteiger partial charge on any atom is 0.142 e. The second-order valence-electron chi connectivity index (χ2n) is 3.53. The second kappa shape index (κ2) is 4.64. The zero-order valence-electron chi connectivity index (χ0n) is 8.58. The Bertz CT molecular complexity index is 511. The molecule has 16 heavy (non-hydrogen) atoms. The smallest absolute Gasteiger partial charge is 0.142 e. The summed E-state index contributed by atoms with van der Waals surface area (Å²) in [4.78, 5) is 0. The predicted octanol–water partition coefficient (Wildman–Crippen LogP) is 3.60. The summed E-state index contributed by atoms with van der Waals surface area (Å²) >= 11 is 5.63. The van der Waals surface area contributed by atoms with Gasteiger partial charge in [0.2, 0.25) is 0 Å². The molecule has 0 aliphatic rings. The molecule has 0 heterocycles. The number of hydrogen-bond donors (Lipinski definition) is 1. The van der Waals surface area contributed by atoms with Gasteiger partial charge in [0.05, 0.1) is 5.02 Å². The van der Waals surface area contributed by atoms with Gasteiger partial charge in [-0.3, -0.25) is 0 Å². The van der Waals surface area contributed by atoms with Gasteiger partial charge in [-0.2, -0.15) is 0 Å². The Hall–Kier alpha value is -1.38. The molecule has 2 N–H and O–H groups in total. The van der Waals surface area contributed by atoms with Gasteiger partial charge in [-0.25, -0.2) is 4.39 Å². The highest BCUT2D eigenvalue weighted by Gasteiger charge is 2.03. The number of benzene rings is 2. The minimum Gasteiger partial charge on any atom is -0.326 e. The second-order valence-corrected chi connectivity index (χ2v) is 3.94. The van der Waals surface area contributed by atoms with E-state index < -0.39 is 5.82 Å². The third-order valence-electron chi connectivity index (χ3n) is 2.42. The van der Waals surface area contributed by atoms with E-state index in [9.17, 15) is 4.39 Å². The van der Waals surface area contributed by atoms with Gasteiger partial charge in [0.1, 0.15) is 5.82 Å². The van der Waals surface area contributed by atoms with Crippen molar-refractivity contribution >= 4 is 11.6 Å². The maximum absolute atomic E-state index is 13.3. The number of nitrogens with two attached hydrogens (primary N) is 1. The Balaban J connectivity index is 2.46. The number of halogens is 2. The molecule has 0 fully saturated rings. The lowest BCUT2D eigenvalue weighted by Gasteiger charge is -2.04. The van der Waals surface area contributed by atoms with Crippen molar-refractivity contribution in [1.82, 2.24) is 0 Å². The Labute approximate surface area is 98.7 Å². The van der Waals surface area contributed by atoms with Gasteiger partial charge in [-0.1, -0.05) is 35.9 Å². The van der Waals surface area contributed by atoms with Crippen LogP contribution in [-0.4, -0.2) is 0 Å². The first-order valence-electron chi connectivity index (χ1n) is 4.95. The molecule has 0 spiro atoms. The number of rotatable bonds is 2. The molecule has 2 rings (SSSR count). The first-order chi connectivity index (χ1) is 7.70. The van der Waals surface area contributed by atoms with Crippen molar-refractivity contribution < 1.29 is 4.39 Å². The third-order valence-corrected chi connectivity index (χ3v) is 2.72. The van der Waals surface area contributed by atoms with Crippen LogP contribution in [0.3, 0.4) is 0 Å². The Kier molecular flexibility index (Phi) is 3.22. The van der Waals surface area contributed by atoms with E-state index in [1.807, 2.05) is 24.3 Å². The van der Waals surface area contributed by atoms with Crippen molar-refractivity contribution in [2.75, 3.05) is 0 Å². The third kappa shape index (κ3) is 2.23. The molecule has 3 heteroatoms. The van der Waals surface area contributed by atoms with E-state index in [0.717, 1.165) is 16.7 Å². The van der Waals surface area contributed by atoms with Crippen LogP contribution >= 0.6 is 11.6 Å². The first kappa shape index (κ1) is 11.1. The zero-order chi connectivity index (χ0) is 11.5. The standard InChI is InChI=1S/C13H11ClFN/c14-12-5-4-11(7-13(12)15)10-3-1-2-9(6-10)8-16/h1-7H,8,16H2. The van der Waals surface area contributed by atoms with Gasteiger partial charge in [-0.15, -0.1) is 0 Å². The lowest BCUT2D eigenvalue weighted by atomic mass is 10.0. The van der Waals surface area contributed by atoms with Crippen molar-refractivity contribution in [2.24, 2.45) is 5.73 Å². The van der Waals surface area contributed by atoms with Crippen LogP contribution in [0.4, 0.5) is 4.39 Å². The quantitative estimate of drug-likeness (QED) is 0.846. The molecule has 2 aromatic carbocycles. The highest BCUT2D eigenvalue weighted by atomic mass is 35.5. The molecule has 0 aliphatic carbocycles. The van der Waals surface area contributed by atoms with Crippen LogP contribution in [0.1, 0.15) is 5.56 Å². The van der Waals surface area contributed by atoms with Gasteiger partial charge in [0.25, 0.3) is 0 Å². The highest BCUT2D eigenvalue weighted by molar-refractivity contribution is 6.30. The van der Waals surface area contributed by atoms with Crippen LogP contribution in [0, 0.1) is 5.82 Å². The molecule has 0 atom stereocenters. The van der Waals surface area contributed by atoms with Crippen molar-refractivity contribution in [3.8, 4) is 11.1 Å². The summed E-state index contributed by atoms with van der Waals surface area (Å²) in [6.07, 6.45) is 0.